The second-order valence-corrected chi connectivity index (χ2v) is 7.44. The summed E-state index contributed by atoms with van der Waals surface area (Å²) < 4.78 is 5.91. The lowest BCUT2D eigenvalue weighted by Gasteiger charge is -2.35. The SMILES string of the molecule is CC(C)c1ccccc1OCCN=C(N)N1CCN(c2nccs2)CC1. The molecule has 0 unspecified atom stereocenters. The van der Waals surface area contributed by atoms with Gasteiger partial charge in [-0.05, 0) is 17.5 Å². The molecule has 0 saturated carbocycles. The van der Waals surface area contributed by atoms with Gasteiger partial charge in [-0.1, -0.05) is 32.0 Å². The van der Waals surface area contributed by atoms with Crippen LogP contribution >= 0.6 is 11.3 Å². The summed E-state index contributed by atoms with van der Waals surface area (Å²) in [6, 6.07) is 8.17. The maximum Gasteiger partial charge on any atom is 0.191 e. The molecule has 140 valence electrons. The van der Waals surface area contributed by atoms with Crippen LogP contribution in [0.15, 0.2) is 40.8 Å². The normalized spacial score (nSPS) is 15.6. The molecule has 26 heavy (non-hydrogen) atoms. The van der Waals surface area contributed by atoms with Crippen LogP contribution in [-0.2, 0) is 0 Å². The maximum absolute atomic E-state index is 6.16. The summed E-state index contributed by atoms with van der Waals surface area (Å²) >= 11 is 1.68. The summed E-state index contributed by atoms with van der Waals surface area (Å²) in [6.07, 6.45) is 1.85. The first-order valence-electron chi connectivity index (χ1n) is 9.06. The van der Waals surface area contributed by atoms with Crippen LogP contribution in [0.4, 0.5) is 5.13 Å². The Bertz CT molecular complexity index is 708. The summed E-state index contributed by atoms with van der Waals surface area (Å²) in [5.74, 6) is 1.98. The third-order valence-electron chi connectivity index (χ3n) is 4.46. The number of rotatable bonds is 6. The largest absolute Gasteiger partial charge is 0.491 e. The minimum atomic E-state index is 0.439. The van der Waals surface area contributed by atoms with E-state index in [1.165, 1.54) is 5.56 Å². The Morgan fingerprint density at radius 3 is 2.73 bits per heavy atom. The fraction of sp³-hybridized carbons (Fsp3) is 0.474. The van der Waals surface area contributed by atoms with Crippen LogP contribution in [-0.4, -0.2) is 55.2 Å². The number of anilines is 1. The van der Waals surface area contributed by atoms with Crippen molar-refractivity contribution in [3.63, 3.8) is 0 Å². The van der Waals surface area contributed by atoms with E-state index in [1.807, 2.05) is 29.8 Å². The van der Waals surface area contributed by atoms with Gasteiger partial charge in [0.2, 0.25) is 0 Å². The molecule has 0 radical (unpaired) electrons. The highest BCUT2D eigenvalue weighted by atomic mass is 32.1. The van der Waals surface area contributed by atoms with Gasteiger partial charge in [0.15, 0.2) is 11.1 Å². The molecule has 0 aliphatic carbocycles. The predicted molar refractivity (Wildman–Crippen MR) is 108 cm³/mol. The lowest BCUT2D eigenvalue weighted by Crippen LogP contribution is -2.51. The highest BCUT2D eigenvalue weighted by Crippen LogP contribution is 2.25. The molecule has 2 aromatic rings. The van der Waals surface area contributed by atoms with Crippen LogP contribution in [0.5, 0.6) is 5.75 Å². The van der Waals surface area contributed by atoms with Crippen molar-refractivity contribution in [1.29, 1.82) is 0 Å². The zero-order chi connectivity index (χ0) is 18.4. The summed E-state index contributed by atoms with van der Waals surface area (Å²) in [6.45, 7) is 9.00. The number of benzene rings is 1. The molecule has 3 rings (SSSR count). The molecule has 0 spiro atoms. The van der Waals surface area contributed by atoms with Gasteiger partial charge in [0, 0.05) is 37.8 Å². The van der Waals surface area contributed by atoms with Crippen molar-refractivity contribution >= 4 is 22.4 Å². The fourth-order valence-electron chi connectivity index (χ4n) is 3.00. The quantitative estimate of drug-likeness (QED) is 0.479. The van der Waals surface area contributed by atoms with E-state index in [0.717, 1.165) is 37.1 Å². The van der Waals surface area contributed by atoms with Crippen LogP contribution in [0, 0.1) is 0 Å². The van der Waals surface area contributed by atoms with E-state index in [-0.39, 0.29) is 0 Å². The Morgan fingerprint density at radius 2 is 2.04 bits per heavy atom. The van der Waals surface area contributed by atoms with Crippen molar-refractivity contribution < 1.29 is 4.74 Å². The van der Waals surface area contributed by atoms with Crippen molar-refractivity contribution in [1.82, 2.24) is 9.88 Å². The Hall–Kier alpha value is -2.28. The van der Waals surface area contributed by atoms with Gasteiger partial charge in [-0.3, -0.25) is 0 Å². The lowest BCUT2D eigenvalue weighted by molar-refractivity contribution is 0.321. The molecule has 1 saturated heterocycles. The predicted octanol–water partition coefficient (Wildman–Crippen LogP) is 2.78. The van der Waals surface area contributed by atoms with Crippen LogP contribution in [0.2, 0.25) is 0 Å². The van der Waals surface area contributed by atoms with Gasteiger partial charge in [-0.2, -0.15) is 0 Å². The van der Waals surface area contributed by atoms with Gasteiger partial charge in [-0.15, -0.1) is 11.3 Å². The van der Waals surface area contributed by atoms with E-state index in [1.54, 1.807) is 11.3 Å². The minimum absolute atomic E-state index is 0.439. The first kappa shape index (κ1) is 18.5. The van der Waals surface area contributed by atoms with Gasteiger partial charge in [0.1, 0.15) is 12.4 Å². The molecule has 1 aliphatic rings. The number of thiazole rings is 1. The molecule has 1 aromatic heterocycles. The molecule has 1 fully saturated rings. The van der Waals surface area contributed by atoms with E-state index < -0.39 is 0 Å². The maximum atomic E-state index is 6.16. The molecular formula is C19H27N5OS. The van der Waals surface area contributed by atoms with Gasteiger partial charge in [0.25, 0.3) is 0 Å². The molecule has 6 nitrogen and oxygen atoms in total. The number of hydrogen-bond donors (Lipinski definition) is 1. The van der Waals surface area contributed by atoms with E-state index >= 15 is 0 Å². The first-order valence-corrected chi connectivity index (χ1v) is 9.94. The molecule has 0 bridgehead atoms. The topological polar surface area (TPSA) is 67.0 Å². The first-order chi connectivity index (χ1) is 12.6. The van der Waals surface area contributed by atoms with Gasteiger partial charge in [0.05, 0.1) is 6.54 Å². The van der Waals surface area contributed by atoms with Crippen LogP contribution in [0.3, 0.4) is 0 Å². The Labute approximate surface area is 159 Å². The number of piperazine rings is 1. The molecular weight excluding hydrogens is 346 g/mol. The van der Waals surface area contributed by atoms with Gasteiger partial charge >= 0.3 is 0 Å². The fourth-order valence-corrected chi connectivity index (χ4v) is 3.70. The minimum Gasteiger partial charge on any atom is -0.491 e. The zero-order valence-corrected chi connectivity index (χ0v) is 16.3. The van der Waals surface area contributed by atoms with Crippen LogP contribution in [0.25, 0.3) is 0 Å². The molecule has 0 atom stereocenters. The van der Waals surface area contributed by atoms with Gasteiger partial charge < -0.3 is 20.3 Å². The Kier molecular flexibility index (Phi) is 6.33. The second-order valence-electron chi connectivity index (χ2n) is 6.57. The monoisotopic (exact) mass is 373 g/mol. The van der Waals surface area contributed by atoms with Crippen molar-refractivity contribution in [3.05, 3.63) is 41.4 Å². The Morgan fingerprint density at radius 1 is 1.27 bits per heavy atom. The molecule has 2 heterocycles. The zero-order valence-electron chi connectivity index (χ0n) is 15.5. The average molecular weight is 374 g/mol. The van der Waals surface area contributed by atoms with Crippen LogP contribution in [0.1, 0.15) is 25.3 Å². The number of nitrogens with zero attached hydrogens (tertiary/aromatic N) is 4. The number of ether oxygens (including phenoxy) is 1. The number of para-hydroxylation sites is 1. The van der Waals surface area contributed by atoms with E-state index in [9.17, 15) is 0 Å². The molecule has 1 aromatic carbocycles. The summed E-state index contributed by atoms with van der Waals surface area (Å²) in [5, 5.41) is 3.09. The van der Waals surface area contributed by atoms with Crippen molar-refractivity contribution in [2.45, 2.75) is 19.8 Å². The third-order valence-corrected chi connectivity index (χ3v) is 5.29. The van der Waals surface area contributed by atoms with Gasteiger partial charge in [-0.25, -0.2) is 9.98 Å². The highest BCUT2D eigenvalue weighted by Gasteiger charge is 2.19. The molecule has 0 amide bonds. The molecule has 2 N–H and O–H groups in total. The summed E-state index contributed by atoms with van der Waals surface area (Å²) in [5.41, 5.74) is 7.38. The van der Waals surface area contributed by atoms with E-state index in [4.69, 9.17) is 10.5 Å². The van der Waals surface area contributed by atoms with Crippen molar-refractivity contribution in [2.75, 3.05) is 44.2 Å². The van der Waals surface area contributed by atoms with Crippen LogP contribution < -0.4 is 15.4 Å². The molecule has 7 heteroatoms. The smallest absolute Gasteiger partial charge is 0.191 e. The number of hydrogen-bond acceptors (Lipinski definition) is 5. The number of guanidine groups is 1. The standard InChI is InChI=1S/C19H27N5OS/c1-15(2)16-5-3-4-6-17(16)25-13-7-21-18(20)23-9-11-24(12-10-23)19-22-8-14-26-19/h3-6,8,14-15H,7,9-13H2,1-2H3,(H2,20,21). The number of aromatic nitrogens is 1. The average Bonchev–Trinajstić information content (AvgIpc) is 3.20. The van der Waals surface area contributed by atoms with E-state index in [2.05, 4.69) is 39.7 Å². The van der Waals surface area contributed by atoms with E-state index in [0.29, 0.717) is 25.0 Å². The summed E-state index contributed by atoms with van der Waals surface area (Å²) in [4.78, 5) is 13.3. The number of aliphatic imine (C=N–C) groups is 1. The summed E-state index contributed by atoms with van der Waals surface area (Å²) in [7, 11) is 0. The Balaban J connectivity index is 1.45. The highest BCUT2D eigenvalue weighted by molar-refractivity contribution is 7.13. The lowest BCUT2D eigenvalue weighted by atomic mass is 10.0. The molecule has 1 aliphatic heterocycles. The number of nitrogens with two attached hydrogens (primary N) is 1. The third kappa shape index (κ3) is 4.66. The van der Waals surface area contributed by atoms with Crippen molar-refractivity contribution in [2.24, 2.45) is 10.7 Å². The van der Waals surface area contributed by atoms with Crippen molar-refractivity contribution in [3.8, 4) is 5.75 Å². The second kappa shape index (κ2) is 8.89.